The maximum Gasteiger partial charge on any atom is 0.299 e. The first-order valence-corrected chi connectivity index (χ1v) is 14.1. The Morgan fingerprint density at radius 2 is 1.88 bits per heavy atom. The van der Waals surface area contributed by atoms with Crippen molar-refractivity contribution in [2.45, 2.75) is 13.0 Å². The summed E-state index contributed by atoms with van der Waals surface area (Å²) in [5.41, 5.74) is 12.8. The topological polar surface area (TPSA) is 174 Å². The third kappa shape index (κ3) is 6.25. The number of H-pyrrole nitrogens is 1. The van der Waals surface area contributed by atoms with Crippen LogP contribution in [0.25, 0.3) is 10.9 Å². The van der Waals surface area contributed by atoms with E-state index in [-0.39, 0.29) is 47.3 Å². The molecule has 0 atom stereocenters. The second-order valence-electron chi connectivity index (χ2n) is 9.45. The van der Waals surface area contributed by atoms with Crippen LogP contribution in [-0.4, -0.2) is 44.3 Å². The number of halogens is 2. The Morgan fingerprint density at radius 3 is 2.55 bits per heavy atom. The van der Waals surface area contributed by atoms with Gasteiger partial charge in [0.15, 0.2) is 11.6 Å². The molecule has 0 aliphatic carbocycles. The molecule has 1 aromatic heterocycles. The highest BCUT2D eigenvalue weighted by atomic mass is 32.2. The van der Waals surface area contributed by atoms with Crippen molar-refractivity contribution in [3.05, 3.63) is 95.3 Å². The second-order valence-corrected chi connectivity index (χ2v) is 10.9. The number of aliphatic imine (C=N–C) groups is 1. The summed E-state index contributed by atoms with van der Waals surface area (Å²) < 4.78 is 68.3. The van der Waals surface area contributed by atoms with E-state index >= 15 is 0 Å². The van der Waals surface area contributed by atoms with Gasteiger partial charge in [0.05, 0.1) is 41.9 Å². The number of benzene rings is 3. The van der Waals surface area contributed by atoms with Gasteiger partial charge in [-0.05, 0) is 61.0 Å². The summed E-state index contributed by atoms with van der Waals surface area (Å²) in [6.07, 6.45) is 1.01. The van der Waals surface area contributed by atoms with Crippen molar-refractivity contribution in [2.24, 2.45) is 16.5 Å². The van der Waals surface area contributed by atoms with Gasteiger partial charge in [-0.25, -0.2) is 13.8 Å². The van der Waals surface area contributed by atoms with E-state index in [1.165, 1.54) is 24.3 Å². The lowest BCUT2D eigenvalue weighted by molar-refractivity contribution is 0.00489. The quantitative estimate of drug-likeness (QED) is 0.0799. The third-order valence-electron chi connectivity index (χ3n) is 6.32. The Bertz CT molecular complexity index is 1850. The molecule has 1 aliphatic heterocycles. The molecule has 1 aliphatic rings. The number of anilines is 1. The smallest absolute Gasteiger partial charge is 0.299 e. The maximum atomic E-state index is 14.7. The molecule has 5 rings (SSSR count). The highest BCUT2D eigenvalue weighted by Gasteiger charge is 2.25. The van der Waals surface area contributed by atoms with Crippen molar-refractivity contribution in [3.63, 3.8) is 0 Å². The number of Topliss-reactive ketones (excluding diaryl/α,β-unsaturated/α-hetero) is 1. The Hall–Kier alpha value is -4.79. The van der Waals surface area contributed by atoms with Gasteiger partial charge in [-0.15, -0.1) is 0 Å². The van der Waals surface area contributed by atoms with E-state index in [0.717, 1.165) is 12.3 Å². The van der Waals surface area contributed by atoms with Crippen molar-refractivity contribution in [1.29, 1.82) is 0 Å². The van der Waals surface area contributed by atoms with Gasteiger partial charge in [-0.1, -0.05) is 12.1 Å². The first kappa shape index (κ1) is 28.7. The molecule has 0 amide bonds. The number of rotatable bonds is 10. The fraction of sp³-hybridized carbons (Fsp3) is 0.143. The number of hydrogen-bond acceptors (Lipinski definition) is 7. The SMILES string of the molecule is Cc1cc(Oc2ccccc2F)ccc1N=C(N)C(=CN)C(=O)c1cc2cc(F)c(NS(=O)(=O)NC3COC3)cc2[nH]1. The molecule has 0 unspecified atom stereocenters. The normalized spacial score (nSPS) is 14.5. The number of nitrogens with two attached hydrogens (primary N) is 2. The molecule has 14 heteroatoms. The first-order valence-electron chi connectivity index (χ1n) is 12.6. The van der Waals surface area contributed by atoms with E-state index in [2.05, 4.69) is 19.4 Å². The minimum Gasteiger partial charge on any atom is -0.454 e. The lowest BCUT2D eigenvalue weighted by atomic mass is 10.1. The molecule has 11 nitrogen and oxygen atoms in total. The third-order valence-corrected chi connectivity index (χ3v) is 7.45. The number of para-hydroxylation sites is 1. The number of amidine groups is 1. The van der Waals surface area contributed by atoms with E-state index in [0.29, 0.717) is 22.4 Å². The van der Waals surface area contributed by atoms with Crippen LogP contribution in [0, 0.1) is 18.6 Å². The van der Waals surface area contributed by atoms with Gasteiger partial charge < -0.3 is 25.9 Å². The largest absolute Gasteiger partial charge is 0.454 e. The van der Waals surface area contributed by atoms with E-state index < -0.39 is 33.7 Å². The van der Waals surface area contributed by atoms with Crippen LogP contribution in [0.2, 0.25) is 0 Å². The van der Waals surface area contributed by atoms with Crippen LogP contribution < -0.4 is 25.6 Å². The zero-order chi connectivity index (χ0) is 30.0. The molecular formula is C28H26F2N6O5S. The van der Waals surface area contributed by atoms with Crippen LogP contribution in [0.1, 0.15) is 16.1 Å². The fourth-order valence-electron chi connectivity index (χ4n) is 4.13. The zero-order valence-corrected chi connectivity index (χ0v) is 23.0. The van der Waals surface area contributed by atoms with Crippen LogP contribution in [0.3, 0.4) is 0 Å². The van der Waals surface area contributed by atoms with Gasteiger partial charge in [0.2, 0.25) is 5.78 Å². The molecule has 1 fully saturated rings. The number of ketones is 1. The monoisotopic (exact) mass is 596 g/mol. The number of nitrogens with one attached hydrogen (secondary N) is 3. The molecule has 7 N–H and O–H groups in total. The summed E-state index contributed by atoms with van der Waals surface area (Å²) >= 11 is 0. The van der Waals surface area contributed by atoms with Crippen molar-refractivity contribution < 1.29 is 31.5 Å². The van der Waals surface area contributed by atoms with Crippen LogP contribution in [0.5, 0.6) is 11.5 Å². The minimum atomic E-state index is -4.06. The lowest BCUT2D eigenvalue weighted by Crippen LogP contribution is -2.50. The van der Waals surface area contributed by atoms with Crippen LogP contribution in [0.15, 0.2) is 77.4 Å². The number of nitrogens with zero attached hydrogens (tertiary/aromatic N) is 1. The summed E-state index contributed by atoms with van der Waals surface area (Å²) in [6, 6.07) is 14.1. The molecular weight excluding hydrogens is 570 g/mol. The van der Waals surface area contributed by atoms with Gasteiger partial charge in [0.1, 0.15) is 17.4 Å². The summed E-state index contributed by atoms with van der Waals surface area (Å²) in [6.45, 7) is 2.19. The Morgan fingerprint density at radius 1 is 1.12 bits per heavy atom. The standard InChI is InChI=1S/C28H26F2N6O5S/c1-15-8-18(41-26-5-3-2-4-20(26)29)6-7-22(15)34-28(32)19(12-31)27(37)25-10-16-9-21(30)24(11-23(16)33-25)36-42(38,39)35-17-13-40-14-17/h2-12,17,33,35-36H,13-14,31H2,1H3,(H2,32,34). The van der Waals surface area contributed by atoms with Gasteiger partial charge in [0.25, 0.3) is 10.2 Å². The molecule has 3 aromatic carbocycles. The predicted molar refractivity (Wildman–Crippen MR) is 154 cm³/mol. The van der Waals surface area contributed by atoms with Gasteiger partial charge in [-0.3, -0.25) is 9.52 Å². The number of aryl methyl sites for hydroxylation is 1. The molecule has 0 spiro atoms. The number of ether oxygens (including phenoxy) is 2. The fourth-order valence-corrected chi connectivity index (χ4v) is 5.21. The maximum absolute atomic E-state index is 14.7. The van der Waals surface area contributed by atoms with Crippen molar-refractivity contribution in [1.82, 2.24) is 9.71 Å². The Labute approximate surface area is 239 Å². The second kappa shape index (κ2) is 11.6. The molecule has 42 heavy (non-hydrogen) atoms. The van der Waals surface area contributed by atoms with Crippen molar-refractivity contribution in [3.8, 4) is 11.5 Å². The number of carbonyl (C=O) groups is 1. The van der Waals surface area contributed by atoms with Crippen LogP contribution >= 0.6 is 0 Å². The molecule has 4 aromatic rings. The summed E-state index contributed by atoms with van der Waals surface area (Å²) in [5.74, 6) is -1.72. The van der Waals surface area contributed by atoms with Gasteiger partial charge in [-0.2, -0.15) is 13.1 Å². The van der Waals surface area contributed by atoms with Gasteiger partial charge >= 0.3 is 0 Å². The molecule has 218 valence electrons. The number of aromatic amines is 1. The number of carbonyl (C=O) groups excluding carboxylic acids is 1. The number of aromatic nitrogens is 1. The number of hydrogen-bond donors (Lipinski definition) is 5. The average Bonchev–Trinajstić information content (AvgIpc) is 3.32. The predicted octanol–water partition coefficient (Wildman–Crippen LogP) is 3.91. The van der Waals surface area contributed by atoms with Crippen LogP contribution in [0.4, 0.5) is 20.2 Å². The Balaban J connectivity index is 1.34. The van der Waals surface area contributed by atoms with E-state index in [4.69, 9.17) is 20.9 Å². The molecule has 2 heterocycles. The van der Waals surface area contributed by atoms with Crippen LogP contribution in [-0.2, 0) is 14.9 Å². The average molecular weight is 597 g/mol. The van der Waals surface area contributed by atoms with E-state index in [1.54, 1.807) is 37.3 Å². The lowest BCUT2D eigenvalue weighted by Gasteiger charge is -2.26. The summed E-state index contributed by atoms with van der Waals surface area (Å²) in [7, 11) is -4.06. The number of fused-ring (bicyclic) bond motifs is 1. The summed E-state index contributed by atoms with van der Waals surface area (Å²) in [5, 5.41) is 0.312. The van der Waals surface area contributed by atoms with E-state index in [1.807, 2.05) is 0 Å². The van der Waals surface area contributed by atoms with Crippen molar-refractivity contribution >= 4 is 44.1 Å². The molecule has 0 saturated carbocycles. The van der Waals surface area contributed by atoms with Gasteiger partial charge in [0, 0.05) is 17.1 Å². The highest BCUT2D eigenvalue weighted by molar-refractivity contribution is 7.90. The minimum absolute atomic E-state index is 0.0226. The molecule has 0 bridgehead atoms. The Kier molecular flexibility index (Phi) is 7.93. The highest BCUT2D eigenvalue weighted by Crippen LogP contribution is 2.30. The van der Waals surface area contributed by atoms with Crippen molar-refractivity contribution in [2.75, 3.05) is 17.9 Å². The van der Waals surface area contributed by atoms with E-state index in [9.17, 15) is 22.0 Å². The molecule has 0 radical (unpaired) electrons. The summed E-state index contributed by atoms with van der Waals surface area (Å²) in [4.78, 5) is 20.5. The first-order chi connectivity index (χ1) is 20.0. The zero-order valence-electron chi connectivity index (χ0n) is 22.1. The molecule has 1 saturated heterocycles.